The number of carbonyl (C=O) groups excluding carboxylic acids is 1. The van der Waals surface area contributed by atoms with Crippen LogP contribution in [-0.4, -0.2) is 12.6 Å². The number of hydrogen-bond donors (Lipinski definition) is 0. The number of benzene rings is 1. The summed E-state index contributed by atoms with van der Waals surface area (Å²) in [6.45, 7) is 0.618. The van der Waals surface area contributed by atoms with Crippen molar-refractivity contribution in [3.8, 4) is 0 Å². The molecule has 2 aliphatic rings. The van der Waals surface area contributed by atoms with Gasteiger partial charge < -0.3 is 4.74 Å². The first kappa shape index (κ1) is 8.72. The van der Waals surface area contributed by atoms with Crippen LogP contribution in [0.25, 0.3) is 6.08 Å². The molecule has 1 saturated heterocycles. The fourth-order valence-electron chi connectivity index (χ4n) is 2.27. The molecule has 2 nitrogen and oxygen atoms in total. The van der Waals surface area contributed by atoms with E-state index in [1.807, 2.05) is 18.2 Å². The van der Waals surface area contributed by atoms with Gasteiger partial charge in [0.25, 0.3) is 0 Å². The molecule has 0 aromatic heterocycles. The molecule has 15 heavy (non-hydrogen) atoms. The molecular weight excluding hydrogens is 188 g/mol. The van der Waals surface area contributed by atoms with Crippen LogP contribution in [0.15, 0.2) is 36.4 Å². The minimum absolute atomic E-state index is 0.0114. The monoisotopic (exact) mass is 200 g/mol. The molecule has 0 spiro atoms. The van der Waals surface area contributed by atoms with E-state index in [0.29, 0.717) is 18.4 Å². The number of ether oxygens (including phenoxy) is 1. The van der Waals surface area contributed by atoms with Crippen molar-refractivity contribution in [2.45, 2.75) is 0 Å². The SMILES string of the molecule is O=C1OC[C@H]2[C@H](/C=C/c3ccccc3)[C@@H]12. The molecule has 2 heteroatoms. The van der Waals surface area contributed by atoms with E-state index in [-0.39, 0.29) is 11.9 Å². The van der Waals surface area contributed by atoms with Gasteiger partial charge in [-0.15, -0.1) is 0 Å². The standard InChI is InChI=1S/C13H12O2/c14-13-12-10(11(12)8-15-13)7-6-9-4-2-1-3-5-9/h1-7,10-12H,8H2/b7-6+/t10-,11-,12+/m0/s1. The summed E-state index contributed by atoms with van der Waals surface area (Å²) in [5.41, 5.74) is 1.19. The maximum atomic E-state index is 11.2. The van der Waals surface area contributed by atoms with Crippen molar-refractivity contribution in [1.82, 2.24) is 0 Å². The summed E-state index contributed by atoms with van der Waals surface area (Å²) >= 11 is 0. The smallest absolute Gasteiger partial charge is 0.309 e. The van der Waals surface area contributed by atoms with Crippen LogP contribution >= 0.6 is 0 Å². The summed E-state index contributed by atoms with van der Waals surface area (Å²) < 4.78 is 4.92. The molecular formula is C13H12O2. The van der Waals surface area contributed by atoms with Crippen LogP contribution in [0, 0.1) is 17.8 Å². The van der Waals surface area contributed by atoms with Gasteiger partial charge in [0.2, 0.25) is 0 Å². The van der Waals surface area contributed by atoms with Crippen molar-refractivity contribution in [3.63, 3.8) is 0 Å². The maximum Gasteiger partial charge on any atom is 0.309 e. The van der Waals surface area contributed by atoms with Crippen molar-refractivity contribution >= 4 is 12.0 Å². The Kier molecular flexibility index (Phi) is 1.88. The second-order valence-corrected chi connectivity index (χ2v) is 4.17. The molecule has 0 amide bonds. The van der Waals surface area contributed by atoms with Crippen LogP contribution < -0.4 is 0 Å². The molecule has 0 N–H and O–H groups in total. The third kappa shape index (κ3) is 1.46. The highest BCUT2D eigenvalue weighted by molar-refractivity contribution is 5.80. The highest BCUT2D eigenvalue weighted by Crippen LogP contribution is 2.52. The van der Waals surface area contributed by atoms with Crippen molar-refractivity contribution in [3.05, 3.63) is 42.0 Å². The molecule has 0 radical (unpaired) electrons. The number of hydrogen-bond acceptors (Lipinski definition) is 2. The van der Waals surface area contributed by atoms with Crippen molar-refractivity contribution in [1.29, 1.82) is 0 Å². The Labute approximate surface area is 88.6 Å². The van der Waals surface area contributed by atoms with Crippen molar-refractivity contribution < 1.29 is 9.53 Å². The molecule has 0 unspecified atom stereocenters. The Morgan fingerprint density at radius 1 is 1.27 bits per heavy atom. The Morgan fingerprint density at radius 2 is 2.07 bits per heavy atom. The lowest BCUT2D eigenvalue weighted by Gasteiger charge is -1.98. The van der Waals surface area contributed by atoms with Crippen molar-refractivity contribution in [2.24, 2.45) is 17.8 Å². The molecule has 1 aliphatic heterocycles. The summed E-state index contributed by atoms with van der Waals surface area (Å²) in [5.74, 6) is 1.02. The Hall–Kier alpha value is -1.57. The van der Waals surface area contributed by atoms with Crippen LogP contribution in [0.5, 0.6) is 0 Å². The van der Waals surface area contributed by atoms with E-state index in [9.17, 15) is 4.79 Å². The van der Waals surface area contributed by atoms with Gasteiger partial charge in [0.15, 0.2) is 0 Å². The largest absolute Gasteiger partial charge is 0.465 e. The summed E-state index contributed by atoms with van der Waals surface area (Å²) in [4.78, 5) is 11.2. The van der Waals surface area contributed by atoms with E-state index >= 15 is 0 Å². The van der Waals surface area contributed by atoms with E-state index in [2.05, 4.69) is 24.3 Å². The molecule has 2 fully saturated rings. The van der Waals surface area contributed by atoms with Crippen LogP contribution in [-0.2, 0) is 9.53 Å². The van der Waals surface area contributed by atoms with Crippen LogP contribution in [0.4, 0.5) is 0 Å². The second kappa shape index (κ2) is 3.23. The minimum atomic E-state index is -0.0114. The van der Waals surface area contributed by atoms with E-state index < -0.39 is 0 Å². The van der Waals surface area contributed by atoms with Crippen LogP contribution in [0.1, 0.15) is 5.56 Å². The van der Waals surface area contributed by atoms with Gasteiger partial charge in [0.05, 0.1) is 12.5 Å². The zero-order chi connectivity index (χ0) is 10.3. The Bertz CT molecular complexity index is 408. The van der Waals surface area contributed by atoms with Crippen LogP contribution in [0.2, 0.25) is 0 Å². The zero-order valence-corrected chi connectivity index (χ0v) is 8.30. The fourth-order valence-corrected chi connectivity index (χ4v) is 2.27. The first-order chi connectivity index (χ1) is 7.36. The summed E-state index contributed by atoms with van der Waals surface area (Å²) in [7, 11) is 0. The van der Waals surface area contributed by atoms with E-state index in [1.54, 1.807) is 0 Å². The van der Waals surface area contributed by atoms with Gasteiger partial charge in [-0.25, -0.2) is 0 Å². The summed E-state index contributed by atoms with van der Waals surface area (Å²) in [6, 6.07) is 10.2. The van der Waals surface area contributed by atoms with Gasteiger partial charge in [0, 0.05) is 5.92 Å². The number of carbonyl (C=O) groups is 1. The van der Waals surface area contributed by atoms with Gasteiger partial charge in [-0.05, 0) is 11.5 Å². The van der Waals surface area contributed by atoms with Gasteiger partial charge in [-0.3, -0.25) is 4.79 Å². The molecule has 1 aliphatic carbocycles. The topological polar surface area (TPSA) is 26.3 Å². The first-order valence-corrected chi connectivity index (χ1v) is 5.26. The van der Waals surface area contributed by atoms with Crippen molar-refractivity contribution in [2.75, 3.05) is 6.61 Å². The first-order valence-electron chi connectivity index (χ1n) is 5.26. The average molecular weight is 200 g/mol. The number of cyclic esters (lactones) is 1. The number of fused-ring (bicyclic) bond motifs is 1. The van der Waals surface area contributed by atoms with Gasteiger partial charge >= 0.3 is 5.97 Å². The minimum Gasteiger partial charge on any atom is -0.465 e. The molecule has 1 saturated carbocycles. The summed E-state index contributed by atoms with van der Waals surface area (Å²) in [6.07, 6.45) is 4.24. The molecule has 3 rings (SSSR count). The van der Waals surface area contributed by atoms with E-state index in [1.165, 1.54) is 5.56 Å². The second-order valence-electron chi connectivity index (χ2n) is 4.17. The van der Waals surface area contributed by atoms with Gasteiger partial charge in [0.1, 0.15) is 0 Å². The quantitative estimate of drug-likeness (QED) is 0.683. The molecule has 1 heterocycles. The third-order valence-electron chi connectivity index (χ3n) is 3.23. The van der Waals surface area contributed by atoms with Gasteiger partial charge in [-0.2, -0.15) is 0 Å². The number of esters is 1. The average Bonchev–Trinajstić information content (AvgIpc) is 2.85. The normalized spacial score (nSPS) is 32.8. The third-order valence-corrected chi connectivity index (χ3v) is 3.23. The lowest BCUT2D eigenvalue weighted by atomic mass is 10.2. The number of rotatable bonds is 2. The molecule has 3 atom stereocenters. The Morgan fingerprint density at radius 3 is 2.73 bits per heavy atom. The predicted molar refractivity (Wildman–Crippen MR) is 56.9 cm³/mol. The highest BCUT2D eigenvalue weighted by Gasteiger charge is 2.59. The lowest BCUT2D eigenvalue weighted by molar-refractivity contribution is -0.141. The summed E-state index contributed by atoms with van der Waals surface area (Å²) in [5, 5.41) is 0. The molecule has 0 bridgehead atoms. The number of allylic oxidation sites excluding steroid dienone is 1. The van der Waals surface area contributed by atoms with E-state index in [4.69, 9.17) is 4.74 Å². The molecule has 1 aromatic rings. The Balaban J connectivity index is 1.69. The zero-order valence-electron chi connectivity index (χ0n) is 8.30. The van der Waals surface area contributed by atoms with Gasteiger partial charge in [-0.1, -0.05) is 42.5 Å². The fraction of sp³-hybridized carbons (Fsp3) is 0.308. The van der Waals surface area contributed by atoms with E-state index in [0.717, 1.165) is 0 Å². The molecule has 76 valence electrons. The lowest BCUT2D eigenvalue weighted by Crippen LogP contribution is -2.03. The predicted octanol–water partition coefficient (Wildman–Crippen LogP) is 2.12. The highest BCUT2D eigenvalue weighted by atomic mass is 16.5. The maximum absolute atomic E-state index is 11.2. The van der Waals surface area contributed by atoms with Crippen LogP contribution in [0.3, 0.4) is 0 Å². The molecule has 1 aromatic carbocycles.